The van der Waals surface area contributed by atoms with Crippen LogP contribution in [-0.4, -0.2) is 88.3 Å². The Morgan fingerprint density at radius 1 is 0.580 bits per heavy atom. The molecule has 20 heteroatoms. The van der Waals surface area contributed by atoms with Gasteiger partial charge in [-0.25, -0.2) is 37.6 Å². The number of nitrogens with two attached hydrogens (primary N) is 1. The van der Waals surface area contributed by atoms with Gasteiger partial charge in [-0.1, -0.05) is 12.1 Å². The quantitative estimate of drug-likeness (QED) is 0.0437. The standard InChI is InChI=1S/C36H42FN3O6S.C32H34FN3O5/c1-33(2,3)47(44)40-35(6)20-46-32-25(35)19-29(39-31(32)21-9-12-24(37)13-10-21)36(7,43)16-15-26(41)23-17-22-11-14-28(34(4,5)42)38-30(22)27(18-23)45-8;1-30(2,38)25-11-8-19-14-20(15-24(40-5)27(19)35-25)23(37)12-13-32(4,39)26-16-22-29(41-17-31(22,3)34)28(36-26)18-6-9-21(33)10-7-18/h9-14,17-19,40,42-43H,15-16,20H2,1-8H3;6-11,14-16,38-39H,12-13,17,34H2,1-5H3/t35-,36-,47?;31-,32-/m11/s1. The Hall–Kier alpha value is -7.69. The number of hydrogen-bond donors (Lipinski definition) is 6. The molecule has 2 aliphatic heterocycles. The first-order chi connectivity index (χ1) is 41.0. The molecular formula is C68H76F2N6O11S. The lowest BCUT2D eigenvalue weighted by Gasteiger charge is -2.30. The molecule has 4 aromatic heterocycles. The van der Waals surface area contributed by atoms with E-state index >= 15 is 0 Å². The molecule has 464 valence electrons. The molecule has 5 atom stereocenters. The minimum atomic E-state index is -1.56. The minimum Gasteiger partial charge on any atom is -0.494 e. The number of halogens is 2. The lowest BCUT2D eigenvalue weighted by molar-refractivity contribution is 0.0395. The predicted molar refractivity (Wildman–Crippen MR) is 334 cm³/mol. The zero-order valence-electron chi connectivity index (χ0n) is 51.8. The first-order valence-corrected chi connectivity index (χ1v) is 30.0. The maximum absolute atomic E-state index is 13.8. The van der Waals surface area contributed by atoms with Crippen LogP contribution in [0.3, 0.4) is 0 Å². The van der Waals surface area contributed by atoms with E-state index in [2.05, 4.69) is 14.7 Å². The van der Waals surface area contributed by atoms with Crippen LogP contribution in [0.25, 0.3) is 44.3 Å². The molecule has 0 bridgehead atoms. The van der Waals surface area contributed by atoms with E-state index in [0.29, 0.717) is 112 Å². The van der Waals surface area contributed by atoms with Crippen molar-refractivity contribution in [3.63, 3.8) is 0 Å². The average Bonchev–Trinajstić information content (AvgIpc) is 1.57. The van der Waals surface area contributed by atoms with Crippen LogP contribution in [0.2, 0.25) is 0 Å². The monoisotopic (exact) mass is 1220 g/mol. The van der Waals surface area contributed by atoms with Gasteiger partial charge in [-0.05, 0) is 186 Å². The SMILES string of the molecule is COc1cc(C(=O)CC[C@@](C)(O)c2cc3c(c(-c4ccc(F)cc4)n2)OC[C@@]3(C)N)cc2ccc(C(C)(C)O)nc12.COc1cc(C(=O)CC[C@@](C)(O)c2cc3c(c(-c4ccc(F)cc4)n2)OC[C@@]3(C)NS(=O)C(C)(C)C)cc2ccc(C(C)(C)O)nc12. The van der Waals surface area contributed by atoms with Crippen LogP contribution in [0.15, 0.2) is 109 Å². The molecule has 2 aliphatic rings. The molecule has 88 heavy (non-hydrogen) atoms. The summed E-state index contributed by atoms with van der Waals surface area (Å²) in [7, 11) is 1.55. The third kappa shape index (κ3) is 13.6. The highest BCUT2D eigenvalue weighted by Gasteiger charge is 2.44. The molecule has 17 nitrogen and oxygen atoms in total. The van der Waals surface area contributed by atoms with Gasteiger partial charge in [0.05, 0.1) is 63.8 Å². The van der Waals surface area contributed by atoms with Crippen LogP contribution in [0, 0.1) is 11.6 Å². The number of hydrogen-bond acceptors (Lipinski definition) is 16. The van der Waals surface area contributed by atoms with Gasteiger partial charge in [0.1, 0.15) is 81.2 Å². The van der Waals surface area contributed by atoms with Gasteiger partial charge in [0.2, 0.25) is 0 Å². The van der Waals surface area contributed by atoms with E-state index in [1.165, 1.54) is 38.5 Å². The number of fused-ring (bicyclic) bond motifs is 4. The smallest absolute Gasteiger partial charge is 0.163 e. The Balaban J connectivity index is 0.000000211. The predicted octanol–water partition coefficient (Wildman–Crippen LogP) is 11.3. The molecule has 0 saturated heterocycles. The summed E-state index contributed by atoms with van der Waals surface area (Å²) in [4.78, 5) is 45.5. The summed E-state index contributed by atoms with van der Waals surface area (Å²) in [6.45, 7) is 19.5. The molecule has 8 aromatic rings. The van der Waals surface area contributed by atoms with E-state index in [9.17, 15) is 43.0 Å². The van der Waals surface area contributed by atoms with Crippen molar-refractivity contribution in [3.8, 4) is 45.5 Å². The molecular weight excluding hydrogens is 1150 g/mol. The first kappa shape index (κ1) is 64.8. The number of rotatable bonds is 18. The fraction of sp³-hybridized carbons (Fsp3) is 0.382. The zero-order chi connectivity index (χ0) is 64.3. The summed E-state index contributed by atoms with van der Waals surface area (Å²) in [6.07, 6.45) is 0.133. The van der Waals surface area contributed by atoms with E-state index in [1.54, 1.807) is 126 Å². The normalized spacial score (nSPS) is 18.2. The van der Waals surface area contributed by atoms with Gasteiger partial charge in [0.15, 0.2) is 23.1 Å². The molecule has 0 saturated carbocycles. The maximum atomic E-state index is 13.8. The lowest BCUT2D eigenvalue weighted by Crippen LogP contribution is -2.47. The number of nitrogens with one attached hydrogen (secondary N) is 1. The largest absolute Gasteiger partial charge is 0.494 e. The number of aliphatic hydroxyl groups is 4. The van der Waals surface area contributed by atoms with E-state index in [0.717, 1.165) is 0 Å². The minimum absolute atomic E-state index is 0.0124. The van der Waals surface area contributed by atoms with Gasteiger partial charge in [-0.2, -0.15) is 0 Å². The molecule has 0 radical (unpaired) electrons. The number of benzene rings is 4. The Morgan fingerprint density at radius 2 is 0.977 bits per heavy atom. The van der Waals surface area contributed by atoms with E-state index in [4.69, 9.17) is 34.6 Å². The van der Waals surface area contributed by atoms with Crippen molar-refractivity contribution in [2.45, 2.75) is 140 Å². The molecule has 1 unspecified atom stereocenters. The van der Waals surface area contributed by atoms with Crippen LogP contribution >= 0.6 is 0 Å². The highest BCUT2D eigenvalue weighted by molar-refractivity contribution is 7.84. The molecule has 10 rings (SSSR count). The van der Waals surface area contributed by atoms with Crippen molar-refractivity contribution >= 4 is 44.4 Å². The molecule has 6 heterocycles. The molecule has 4 aromatic carbocycles. The third-order valence-corrected chi connectivity index (χ3v) is 17.7. The Bertz CT molecular complexity index is 4030. The number of Topliss-reactive ketones (excluding diaryl/α,β-unsaturated/α-hetero) is 2. The van der Waals surface area contributed by atoms with Gasteiger partial charge in [0.25, 0.3) is 0 Å². The number of ketones is 2. The van der Waals surface area contributed by atoms with Crippen LogP contribution in [0.1, 0.15) is 156 Å². The highest BCUT2D eigenvalue weighted by atomic mass is 32.2. The van der Waals surface area contributed by atoms with Crippen LogP contribution < -0.4 is 29.4 Å². The number of pyridine rings is 4. The summed E-state index contributed by atoms with van der Waals surface area (Å²) in [6, 6.07) is 28.9. The zero-order valence-corrected chi connectivity index (χ0v) is 52.6. The summed E-state index contributed by atoms with van der Waals surface area (Å²) in [5.74, 6) is 0.577. The van der Waals surface area contributed by atoms with Crippen LogP contribution in [-0.2, 0) is 44.5 Å². The van der Waals surface area contributed by atoms with Crippen molar-refractivity contribution in [2.75, 3.05) is 27.4 Å². The van der Waals surface area contributed by atoms with E-state index in [-0.39, 0.29) is 56.3 Å². The fourth-order valence-corrected chi connectivity index (χ4v) is 11.3. The summed E-state index contributed by atoms with van der Waals surface area (Å²) in [5.41, 5.74) is 6.37. The summed E-state index contributed by atoms with van der Waals surface area (Å²) in [5, 5.41) is 45.5. The lowest BCUT2D eigenvalue weighted by atomic mass is 9.87. The van der Waals surface area contributed by atoms with Crippen molar-refractivity contribution in [1.29, 1.82) is 0 Å². The molecule has 0 spiro atoms. The highest BCUT2D eigenvalue weighted by Crippen LogP contribution is 2.47. The van der Waals surface area contributed by atoms with Crippen molar-refractivity contribution in [3.05, 3.63) is 166 Å². The molecule has 0 fully saturated rings. The van der Waals surface area contributed by atoms with Crippen molar-refractivity contribution in [2.24, 2.45) is 5.73 Å². The number of methoxy groups -OCH3 is 2. The number of carbonyl (C=O) groups excluding carboxylic acids is 2. The molecule has 0 amide bonds. The Morgan fingerprint density at radius 3 is 1.38 bits per heavy atom. The van der Waals surface area contributed by atoms with Gasteiger partial charge in [-0.3, -0.25) is 9.59 Å². The van der Waals surface area contributed by atoms with Gasteiger partial charge in [-0.15, -0.1) is 0 Å². The Labute approximate surface area is 513 Å². The average molecular weight is 1220 g/mol. The molecule has 7 N–H and O–H groups in total. The summed E-state index contributed by atoms with van der Waals surface area (Å²) < 4.78 is 66.4. The third-order valence-electron chi connectivity index (χ3n) is 15.9. The number of carbonyl (C=O) groups is 2. The fourth-order valence-electron chi connectivity index (χ4n) is 10.4. The van der Waals surface area contributed by atoms with Crippen LogP contribution in [0.5, 0.6) is 23.0 Å². The van der Waals surface area contributed by atoms with E-state index < -0.39 is 55.0 Å². The second-order valence-corrected chi connectivity index (χ2v) is 27.7. The second kappa shape index (κ2) is 24.0. The van der Waals surface area contributed by atoms with Crippen LogP contribution in [0.4, 0.5) is 8.78 Å². The van der Waals surface area contributed by atoms with Gasteiger partial charge in [0, 0.05) is 57.0 Å². The first-order valence-electron chi connectivity index (χ1n) is 28.8. The van der Waals surface area contributed by atoms with Crippen molar-refractivity contribution < 1.29 is 62.0 Å². The second-order valence-electron chi connectivity index (χ2n) is 25.7. The Kier molecular flexibility index (Phi) is 17.7. The molecule has 0 aliphatic carbocycles. The van der Waals surface area contributed by atoms with Gasteiger partial charge >= 0.3 is 0 Å². The van der Waals surface area contributed by atoms with Crippen molar-refractivity contribution in [1.82, 2.24) is 24.7 Å². The number of aromatic nitrogens is 4. The topological polar surface area (TPSA) is 259 Å². The van der Waals surface area contributed by atoms with E-state index in [1.807, 2.05) is 34.6 Å². The maximum Gasteiger partial charge on any atom is 0.163 e. The summed E-state index contributed by atoms with van der Waals surface area (Å²) >= 11 is 0. The van der Waals surface area contributed by atoms with Gasteiger partial charge < -0.3 is 45.1 Å². The number of ether oxygens (including phenoxy) is 4. The number of nitrogens with zero attached hydrogens (tertiary/aromatic N) is 4.